The Morgan fingerprint density at radius 1 is 0.968 bits per heavy atom. The SMILES string of the molecule is CC(C)(C)OC(=O)N1CCCC(Oc2ccc(N3C(=O)c4ccccc4C3=O)cc2)C1. The number of likely N-dealkylation sites (tertiary alicyclic amines) is 1. The largest absolute Gasteiger partial charge is 0.489 e. The first-order valence-electron chi connectivity index (χ1n) is 10.5. The van der Waals surface area contributed by atoms with Gasteiger partial charge in [-0.15, -0.1) is 0 Å². The van der Waals surface area contributed by atoms with Crippen molar-refractivity contribution in [1.29, 1.82) is 0 Å². The second kappa shape index (κ2) is 8.06. The number of anilines is 1. The van der Waals surface area contributed by atoms with Gasteiger partial charge in [0.05, 0.1) is 23.4 Å². The highest BCUT2D eigenvalue weighted by Gasteiger charge is 2.36. The highest BCUT2D eigenvalue weighted by molar-refractivity contribution is 6.34. The fraction of sp³-hybridized carbons (Fsp3) is 0.375. The molecular formula is C24H26N2O5. The van der Waals surface area contributed by atoms with E-state index in [1.807, 2.05) is 20.8 Å². The summed E-state index contributed by atoms with van der Waals surface area (Å²) in [6, 6.07) is 13.7. The van der Waals surface area contributed by atoms with Crippen molar-refractivity contribution >= 4 is 23.6 Å². The summed E-state index contributed by atoms with van der Waals surface area (Å²) in [6.45, 7) is 6.64. The normalized spacial score (nSPS) is 18.7. The number of rotatable bonds is 3. The summed E-state index contributed by atoms with van der Waals surface area (Å²) >= 11 is 0. The van der Waals surface area contributed by atoms with Gasteiger partial charge in [0.1, 0.15) is 17.5 Å². The van der Waals surface area contributed by atoms with E-state index in [9.17, 15) is 14.4 Å². The minimum absolute atomic E-state index is 0.147. The molecule has 1 atom stereocenters. The van der Waals surface area contributed by atoms with E-state index in [0.29, 0.717) is 35.7 Å². The van der Waals surface area contributed by atoms with E-state index >= 15 is 0 Å². The fourth-order valence-electron chi connectivity index (χ4n) is 3.82. The first kappa shape index (κ1) is 20.9. The van der Waals surface area contributed by atoms with Gasteiger partial charge >= 0.3 is 6.09 Å². The highest BCUT2D eigenvalue weighted by Crippen LogP contribution is 2.30. The van der Waals surface area contributed by atoms with Crippen LogP contribution in [0.25, 0.3) is 0 Å². The molecular weight excluding hydrogens is 396 g/mol. The molecule has 0 spiro atoms. The predicted molar refractivity (Wildman–Crippen MR) is 115 cm³/mol. The average molecular weight is 422 g/mol. The summed E-state index contributed by atoms with van der Waals surface area (Å²) in [5, 5.41) is 0. The summed E-state index contributed by atoms with van der Waals surface area (Å²) in [5.74, 6) is -0.0273. The lowest BCUT2D eigenvalue weighted by molar-refractivity contribution is 0.00775. The highest BCUT2D eigenvalue weighted by atomic mass is 16.6. The zero-order valence-corrected chi connectivity index (χ0v) is 18.0. The molecule has 7 heteroatoms. The molecule has 0 N–H and O–H groups in total. The van der Waals surface area contributed by atoms with Crippen LogP contribution in [0, 0.1) is 0 Å². The van der Waals surface area contributed by atoms with Gasteiger partial charge in [0, 0.05) is 6.54 Å². The third-order valence-electron chi connectivity index (χ3n) is 5.22. The Morgan fingerprint density at radius 2 is 1.58 bits per heavy atom. The van der Waals surface area contributed by atoms with Crippen LogP contribution in [0.5, 0.6) is 5.75 Å². The van der Waals surface area contributed by atoms with Gasteiger partial charge < -0.3 is 14.4 Å². The number of hydrogen-bond donors (Lipinski definition) is 0. The van der Waals surface area contributed by atoms with Gasteiger partial charge in [0.15, 0.2) is 0 Å². The smallest absolute Gasteiger partial charge is 0.410 e. The molecule has 1 saturated heterocycles. The van der Waals surface area contributed by atoms with E-state index in [1.54, 1.807) is 53.4 Å². The maximum Gasteiger partial charge on any atom is 0.410 e. The number of benzene rings is 2. The molecule has 0 bridgehead atoms. The zero-order valence-electron chi connectivity index (χ0n) is 18.0. The molecule has 2 aliphatic heterocycles. The summed E-state index contributed by atoms with van der Waals surface area (Å²) in [6.07, 6.45) is 1.18. The van der Waals surface area contributed by atoms with Gasteiger partial charge in [-0.3, -0.25) is 9.59 Å². The lowest BCUT2D eigenvalue weighted by Gasteiger charge is -2.34. The second-order valence-corrected chi connectivity index (χ2v) is 8.79. The number of fused-ring (bicyclic) bond motifs is 1. The van der Waals surface area contributed by atoms with Crippen LogP contribution in [0.3, 0.4) is 0 Å². The quantitative estimate of drug-likeness (QED) is 0.691. The number of amides is 3. The minimum Gasteiger partial charge on any atom is -0.489 e. The fourth-order valence-corrected chi connectivity index (χ4v) is 3.82. The van der Waals surface area contributed by atoms with Crippen LogP contribution < -0.4 is 9.64 Å². The van der Waals surface area contributed by atoms with Crippen molar-refractivity contribution in [2.24, 2.45) is 0 Å². The van der Waals surface area contributed by atoms with Crippen molar-refractivity contribution < 1.29 is 23.9 Å². The van der Waals surface area contributed by atoms with E-state index in [-0.39, 0.29) is 24.0 Å². The molecule has 0 aromatic heterocycles. The average Bonchev–Trinajstić information content (AvgIpc) is 2.98. The molecule has 1 fully saturated rings. The molecule has 1 unspecified atom stereocenters. The molecule has 0 aliphatic carbocycles. The third kappa shape index (κ3) is 4.40. The van der Waals surface area contributed by atoms with E-state index in [2.05, 4.69) is 0 Å². The Labute approximate surface area is 181 Å². The number of imide groups is 1. The van der Waals surface area contributed by atoms with Crippen LogP contribution in [-0.2, 0) is 4.74 Å². The Morgan fingerprint density at radius 3 is 2.16 bits per heavy atom. The van der Waals surface area contributed by atoms with Crippen LogP contribution >= 0.6 is 0 Å². The molecule has 2 aromatic rings. The summed E-state index contributed by atoms with van der Waals surface area (Å²) in [7, 11) is 0. The zero-order chi connectivity index (χ0) is 22.2. The minimum atomic E-state index is -0.537. The molecule has 0 radical (unpaired) electrons. The molecule has 2 aliphatic rings. The molecule has 31 heavy (non-hydrogen) atoms. The van der Waals surface area contributed by atoms with Crippen molar-refractivity contribution in [3.05, 3.63) is 59.7 Å². The maximum absolute atomic E-state index is 12.6. The van der Waals surface area contributed by atoms with E-state index in [0.717, 1.165) is 12.8 Å². The lowest BCUT2D eigenvalue weighted by Crippen LogP contribution is -2.46. The van der Waals surface area contributed by atoms with Crippen LogP contribution in [0.15, 0.2) is 48.5 Å². The standard InChI is InChI=1S/C24H26N2O5/c1-24(2,3)31-23(29)25-14-6-7-18(15-25)30-17-12-10-16(11-13-17)26-21(27)19-8-4-5-9-20(19)22(26)28/h4-5,8-13,18H,6-7,14-15H2,1-3H3. The van der Waals surface area contributed by atoms with Gasteiger partial charge in [-0.25, -0.2) is 9.69 Å². The Kier molecular flexibility index (Phi) is 5.43. The molecule has 7 nitrogen and oxygen atoms in total. The van der Waals surface area contributed by atoms with Crippen molar-refractivity contribution in [2.75, 3.05) is 18.0 Å². The second-order valence-electron chi connectivity index (χ2n) is 8.79. The van der Waals surface area contributed by atoms with E-state index in [1.165, 1.54) is 4.90 Å². The van der Waals surface area contributed by atoms with Crippen LogP contribution in [0.1, 0.15) is 54.3 Å². The van der Waals surface area contributed by atoms with E-state index < -0.39 is 5.60 Å². The summed E-state index contributed by atoms with van der Waals surface area (Å²) in [5.41, 5.74) is 0.789. The Bertz CT molecular complexity index is 974. The Balaban J connectivity index is 1.41. The number of carbonyl (C=O) groups is 3. The first-order valence-corrected chi connectivity index (χ1v) is 10.5. The Hall–Kier alpha value is -3.35. The number of carbonyl (C=O) groups excluding carboxylic acids is 3. The number of ether oxygens (including phenoxy) is 2. The van der Waals surface area contributed by atoms with Gasteiger partial charge in [-0.2, -0.15) is 0 Å². The number of piperidine rings is 1. The number of hydrogen-bond acceptors (Lipinski definition) is 5. The van der Waals surface area contributed by atoms with Crippen molar-refractivity contribution in [1.82, 2.24) is 4.90 Å². The van der Waals surface area contributed by atoms with Crippen LogP contribution in [-0.4, -0.2) is 47.6 Å². The maximum atomic E-state index is 12.6. The van der Waals surface area contributed by atoms with Crippen molar-refractivity contribution in [3.8, 4) is 5.75 Å². The van der Waals surface area contributed by atoms with Gasteiger partial charge in [-0.1, -0.05) is 12.1 Å². The predicted octanol–water partition coefficient (Wildman–Crippen LogP) is 4.27. The van der Waals surface area contributed by atoms with E-state index in [4.69, 9.17) is 9.47 Å². The first-order chi connectivity index (χ1) is 14.7. The monoisotopic (exact) mass is 422 g/mol. The van der Waals surface area contributed by atoms with Crippen LogP contribution in [0.2, 0.25) is 0 Å². The topological polar surface area (TPSA) is 76.2 Å². The van der Waals surface area contributed by atoms with Crippen molar-refractivity contribution in [2.45, 2.75) is 45.3 Å². The molecule has 3 amide bonds. The summed E-state index contributed by atoms with van der Waals surface area (Å²) < 4.78 is 11.5. The van der Waals surface area contributed by atoms with Crippen LogP contribution in [0.4, 0.5) is 10.5 Å². The molecule has 4 rings (SSSR count). The lowest BCUT2D eigenvalue weighted by atomic mass is 10.1. The summed E-state index contributed by atoms with van der Waals surface area (Å²) in [4.78, 5) is 40.5. The molecule has 2 aromatic carbocycles. The molecule has 0 saturated carbocycles. The molecule has 2 heterocycles. The van der Waals surface area contributed by atoms with Gasteiger partial charge in [0.25, 0.3) is 11.8 Å². The third-order valence-corrected chi connectivity index (χ3v) is 5.22. The van der Waals surface area contributed by atoms with Crippen molar-refractivity contribution in [3.63, 3.8) is 0 Å². The molecule has 162 valence electrons. The number of nitrogens with zero attached hydrogens (tertiary/aromatic N) is 2. The van der Waals surface area contributed by atoms with Gasteiger partial charge in [0.2, 0.25) is 0 Å². The van der Waals surface area contributed by atoms with Gasteiger partial charge in [-0.05, 0) is 70.0 Å².